The Morgan fingerprint density at radius 2 is 1.95 bits per heavy atom. The minimum absolute atomic E-state index is 0.00368. The van der Waals surface area contributed by atoms with Gasteiger partial charge in [-0.1, -0.05) is 0 Å². The molecule has 108 valence electrons. The van der Waals surface area contributed by atoms with E-state index in [0.717, 1.165) is 0 Å². The van der Waals surface area contributed by atoms with E-state index in [0.29, 0.717) is 15.9 Å². The molecule has 0 fully saturated rings. The SMILES string of the molecule is C/C(=N\NC(=O)c1ccc(Br)o1)c1ccc([N+](=O)[O-])cc1. The van der Waals surface area contributed by atoms with Crippen molar-refractivity contribution in [3.8, 4) is 0 Å². The van der Waals surface area contributed by atoms with Gasteiger partial charge in [0.05, 0.1) is 10.6 Å². The van der Waals surface area contributed by atoms with Crippen molar-refractivity contribution in [2.24, 2.45) is 5.10 Å². The van der Waals surface area contributed by atoms with Crippen LogP contribution in [0.15, 0.2) is 50.6 Å². The second-order valence-corrected chi connectivity index (χ2v) is 4.83. The van der Waals surface area contributed by atoms with E-state index in [4.69, 9.17) is 4.42 Å². The van der Waals surface area contributed by atoms with Crippen molar-refractivity contribution in [3.05, 3.63) is 62.5 Å². The summed E-state index contributed by atoms with van der Waals surface area (Å²) in [7, 11) is 0. The molecular weight excluding hydrogens is 342 g/mol. The summed E-state index contributed by atoms with van der Waals surface area (Å²) in [5.74, 6) is -0.357. The average Bonchev–Trinajstić information content (AvgIpc) is 2.91. The van der Waals surface area contributed by atoms with Crippen LogP contribution in [0.4, 0.5) is 5.69 Å². The second kappa shape index (κ2) is 6.31. The van der Waals surface area contributed by atoms with Crippen LogP contribution in [0, 0.1) is 10.1 Å². The molecular formula is C13H10BrN3O4. The van der Waals surface area contributed by atoms with Gasteiger partial charge in [0.15, 0.2) is 10.4 Å². The lowest BCUT2D eigenvalue weighted by Crippen LogP contribution is -2.18. The van der Waals surface area contributed by atoms with Gasteiger partial charge in [-0.3, -0.25) is 14.9 Å². The van der Waals surface area contributed by atoms with Gasteiger partial charge in [-0.15, -0.1) is 0 Å². The molecule has 0 unspecified atom stereocenters. The number of carbonyl (C=O) groups is 1. The zero-order valence-electron chi connectivity index (χ0n) is 10.9. The highest BCUT2D eigenvalue weighted by atomic mass is 79.9. The van der Waals surface area contributed by atoms with Gasteiger partial charge in [-0.25, -0.2) is 5.43 Å². The molecule has 0 aliphatic heterocycles. The Balaban J connectivity index is 2.07. The van der Waals surface area contributed by atoms with Crippen LogP contribution in [-0.2, 0) is 0 Å². The van der Waals surface area contributed by atoms with Gasteiger partial charge in [0, 0.05) is 12.1 Å². The summed E-state index contributed by atoms with van der Waals surface area (Å²) in [4.78, 5) is 21.8. The number of nitro groups is 1. The number of nitrogens with zero attached hydrogens (tertiary/aromatic N) is 2. The summed E-state index contributed by atoms with van der Waals surface area (Å²) in [6.07, 6.45) is 0. The topological polar surface area (TPSA) is 97.7 Å². The molecule has 1 N–H and O–H groups in total. The zero-order chi connectivity index (χ0) is 15.4. The Kier molecular flexibility index (Phi) is 4.49. The largest absolute Gasteiger partial charge is 0.444 e. The van der Waals surface area contributed by atoms with Gasteiger partial charge in [0.25, 0.3) is 5.69 Å². The molecule has 0 spiro atoms. The van der Waals surface area contributed by atoms with Gasteiger partial charge >= 0.3 is 5.91 Å². The minimum atomic E-state index is -0.484. The number of non-ortho nitro benzene ring substituents is 1. The lowest BCUT2D eigenvalue weighted by atomic mass is 10.1. The number of nitrogens with one attached hydrogen (secondary N) is 1. The smallest absolute Gasteiger partial charge is 0.307 e. The molecule has 1 amide bonds. The van der Waals surface area contributed by atoms with Crippen molar-refractivity contribution in [2.45, 2.75) is 6.92 Å². The first-order chi connectivity index (χ1) is 9.97. The van der Waals surface area contributed by atoms with Crippen LogP contribution in [0.5, 0.6) is 0 Å². The predicted octanol–water partition coefficient (Wildman–Crippen LogP) is 3.10. The Hall–Kier alpha value is -2.48. The lowest BCUT2D eigenvalue weighted by molar-refractivity contribution is -0.384. The van der Waals surface area contributed by atoms with Crippen LogP contribution in [0.2, 0.25) is 0 Å². The molecule has 0 atom stereocenters. The molecule has 7 nitrogen and oxygen atoms in total. The Morgan fingerprint density at radius 1 is 1.29 bits per heavy atom. The first-order valence-corrected chi connectivity index (χ1v) is 6.61. The predicted molar refractivity (Wildman–Crippen MR) is 79.2 cm³/mol. The van der Waals surface area contributed by atoms with Crippen molar-refractivity contribution < 1.29 is 14.1 Å². The van der Waals surface area contributed by atoms with Crippen molar-refractivity contribution in [2.75, 3.05) is 0 Å². The molecule has 1 aromatic carbocycles. The van der Waals surface area contributed by atoms with E-state index in [-0.39, 0.29) is 11.4 Å². The molecule has 2 rings (SSSR count). The average molecular weight is 352 g/mol. The number of rotatable bonds is 4. The molecule has 1 heterocycles. The maximum atomic E-state index is 11.7. The normalized spacial score (nSPS) is 11.2. The number of benzene rings is 1. The quantitative estimate of drug-likeness (QED) is 0.519. The third-order valence-electron chi connectivity index (χ3n) is 2.62. The number of carbonyl (C=O) groups excluding carboxylic acids is 1. The second-order valence-electron chi connectivity index (χ2n) is 4.05. The highest BCUT2D eigenvalue weighted by Crippen LogP contribution is 2.14. The number of hydrogen-bond acceptors (Lipinski definition) is 5. The van der Waals surface area contributed by atoms with Crippen molar-refractivity contribution in [1.82, 2.24) is 5.43 Å². The van der Waals surface area contributed by atoms with Crippen LogP contribution < -0.4 is 5.43 Å². The molecule has 2 aromatic rings. The maximum Gasteiger partial charge on any atom is 0.307 e. The molecule has 0 saturated heterocycles. The summed E-state index contributed by atoms with van der Waals surface area (Å²) in [6, 6.07) is 8.98. The summed E-state index contributed by atoms with van der Waals surface area (Å²) >= 11 is 3.10. The number of amides is 1. The van der Waals surface area contributed by atoms with E-state index < -0.39 is 10.8 Å². The number of hydrogen-bond donors (Lipinski definition) is 1. The Morgan fingerprint density at radius 3 is 2.48 bits per heavy atom. The standard InChI is InChI=1S/C13H10BrN3O4/c1-8(9-2-4-10(5-3-9)17(19)20)15-16-13(18)11-6-7-12(14)21-11/h2-7H,1H3,(H,16,18)/b15-8+. The summed E-state index contributed by atoms with van der Waals surface area (Å²) in [6.45, 7) is 1.68. The lowest BCUT2D eigenvalue weighted by Gasteiger charge is -2.01. The molecule has 0 aliphatic rings. The van der Waals surface area contributed by atoms with Gasteiger partial charge < -0.3 is 4.42 Å². The van der Waals surface area contributed by atoms with Crippen molar-refractivity contribution in [3.63, 3.8) is 0 Å². The first kappa shape index (κ1) is 14.9. The molecule has 0 aliphatic carbocycles. The first-order valence-electron chi connectivity index (χ1n) is 5.82. The molecule has 21 heavy (non-hydrogen) atoms. The van der Waals surface area contributed by atoms with E-state index in [9.17, 15) is 14.9 Å². The van der Waals surface area contributed by atoms with E-state index in [2.05, 4.69) is 26.5 Å². The summed E-state index contributed by atoms with van der Waals surface area (Å²) < 4.78 is 5.53. The minimum Gasteiger partial charge on any atom is -0.444 e. The molecule has 0 radical (unpaired) electrons. The summed E-state index contributed by atoms with van der Waals surface area (Å²) in [5, 5.41) is 14.5. The fourth-order valence-corrected chi connectivity index (χ4v) is 1.82. The van der Waals surface area contributed by atoms with Crippen LogP contribution >= 0.6 is 15.9 Å². The number of furan rings is 1. The van der Waals surface area contributed by atoms with Crippen LogP contribution in [0.1, 0.15) is 23.0 Å². The van der Waals surface area contributed by atoms with Gasteiger partial charge in [0.1, 0.15) is 0 Å². The van der Waals surface area contributed by atoms with Crippen LogP contribution in [-0.4, -0.2) is 16.5 Å². The maximum absolute atomic E-state index is 11.7. The van der Waals surface area contributed by atoms with Crippen molar-refractivity contribution in [1.29, 1.82) is 0 Å². The zero-order valence-corrected chi connectivity index (χ0v) is 12.5. The fourth-order valence-electron chi connectivity index (χ4n) is 1.51. The fraction of sp³-hybridized carbons (Fsp3) is 0.0769. The number of nitro benzene ring substituents is 1. The third-order valence-corrected chi connectivity index (χ3v) is 3.04. The Bertz CT molecular complexity index is 706. The van der Waals surface area contributed by atoms with E-state index in [1.807, 2.05) is 0 Å². The highest BCUT2D eigenvalue weighted by molar-refractivity contribution is 9.10. The molecule has 8 heteroatoms. The molecule has 1 aromatic heterocycles. The monoisotopic (exact) mass is 351 g/mol. The number of halogens is 1. The van der Waals surface area contributed by atoms with E-state index >= 15 is 0 Å². The van der Waals surface area contributed by atoms with E-state index in [1.165, 1.54) is 18.2 Å². The summed E-state index contributed by atoms with van der Waals surface area (Å²) in [5.41, 5.74) is 3.53. The van der Waals surface area contributed by atoms with Gasteiger partial charge in [0.2, 0.25) is 0 Å². The molecule has 0 bridgehead atoms. The Labute approximate surface area is 127 Å². The van der Waals surface area contributed by atoms with Gasteiger partial charge in [-0.05, 0) is 52.7 Å². The molecule has 0 saturated carbocycles. The van der Waals surface area contributed by atoms with Gasteiger partial charge in [-0.2, -0.15) is 5.10 Å². The highest BCUT2D eigenvalue weighted by Gasteiger charge is 2.10. The third kappa shape index (κ3) is 3.76. The van der Waals surface area contributed by atoms with Crippen LogP contribution in [0.25, 0.3) is 0 Å². The van der Waals surface area contributed by atoms with Crippen molar-refractivity contribution >= 4 is 33.2 Å². The van der Waals surface area contributed by atoms with Crippen LogP contribution in [0.3, 0.4) is 0 Å². The van der Waals surface area contributed by atoms with E-state index in [1.54, 1.807) is 25.1 Å². The number of hydrazone groups is 1.